The highest BCUT2D eigenvalue weighted by molar-refractivity contribution is 5.95. The highest BCUT2D eigenvalue weighted by Gasteiger charge is 2.30. The van der Waals surface area contributed by atoms with Gasteiger partial charge in [0.15, 0.2) is 5.78 Å². The zero-order chi connectivity index (χ0) is 15.0. The Hall–Kier alpha value is -1.40. The highest BCUT2D eigenvalue weighted by Crippen LogP contribution is 2.16. The number of nitrogens with zero attached hydrogens (tertiary/aromatic N) is 1. The van der Waals surface area contributed by atoms with E-state index in [1.807, 2.05) is 0 Å². The van der Waals surface area contributed by atoms with Crippen LogP contribution in [0.25, 0.3) is 0 Å². The number of carbonyl (C=O) groups excluding carboxylic acids is 1. The number of ketones is 1. The van der Waals surface area contributed by atoms with Gasteiger partial charge < -0.3 is 5.11 Å². The quantitative estimate of drug-likeness (QED) is 0.748. The molecule has 0 unspecified atom stereocenters. The van der Waals surface area contributed by atoms with Crippen molar-refractivity contribution in [2.24, 2.45) is 0 Å². The summed E-state index contributed by atoms with van der Waals surface area (Å²) in [6, 6.07) is 8.65. The molecule has 1 aromatic carbocycles. The summed E-state index contributed by atoms with van der Waals surface area (Å²) < 4.78 is 36.9. The van der Waals surface area contributed by atoms with Gasteiger partial charge in [0.2, 0.25) is 0 Å². The van der Waals surface area contributed by atoms with Crippen LogP contribution in [0.15, 0.2) is 30.3 Å². The van der Waals surface area contributed by atoms with Crippen molar-refractivity contribution in [3.05, 3.63) is 35.9 Å². The van der Waals surface area contributed by atoms with Gasteiger partial charge in [0.25, 0.3) is 0 Å². The molecule has 6 heteroatoms. The zero-order valence-electron chi connectivity index (χ0n) is 11.1. The van der Waals surface area contributed by atoms with Crippen LogP contribution < -0.4 is 0 Å². The van der Waals surface area contributed by atoms with Crippen LogP contribution >= 0.6 is 0 Å². The van der Waals surface area contributed by atoms with E-state index >= 15 is 0 Å². The molecule has 1 rings (SSSR count). The van der Waals surface area contributed by atoms with Crippen LogP contribution in [-0.4, -0.2) is 48.2 Å². The molecule has 0 bridgehead atoms. The summed E-state index contributed by atoms with van der Waals surface area (Å²) >= 11 is 0. The Balaban J connectivity index is 2.38. The molecule has 1 N–H and O–H groups in total. The molecule has 112 valence electrons. The smallest absolute Gasteiger partial charge is 0.395 e. The predicted octanol–water partition coefficient (Wildman–Crippen LogP) is 2.51. The summed E-state index contributed by atoms with van der Waals surface area (Å²) in [4.78, 5) is 12.9. The highest BCUT2D eigenvalue weighted by atomic mass is 19.4. The van der Waals surface area contributed by atoms with Crippen LogP contribution in [0.1, 0.15) is 23.2 Å². The third kappa shape index (κ3) is 6.68. The van der Waals surface area contributed by atoms with Crippen LogP contribution in [0, 0.1) is 0 Å². The van der Waals surface area contributed by atoms with Gasteiger partial charge in [-0.3, -0.25) is 9.69 Å². The average Bonchev–Trinajstić information content (AvgIpc) is 2.38. The molecule has 0 radical (unpaired) electrons. The number of aliphatic hydroxyl groups excluding tert-OH is 1. The number of halogens is 3. The lowest BCUT2D eigenvalue weighted by Crippen LogP contribution is -2.37. The molecule has 0 saturated carbocycles. The Bertz CT molecular complexity index is 407. The average molecular weight is 289 g/mol. The van der Waals surface area contributed by atoms with E-state index < -0.39 is 12.7 Å². The maximum Gasteiger partial charge on any atom is 0.401 e. The van der Waals surface area contributed by atoms with Gasteiger partial charge in [0.1, 0.15) is 0 Å². The molecule has 20 heavy (non-hydrogen) atoms. The van der Waals surface area contributed by atoms with Crippen molar-refractivity contribution in [1.29, 1.82) is 0 Å². The monoisotopic (exact) mass is 289 g/mol. The third-order valence-electron chi connectivity index (χ3n) is 2.79. The Morgan fingerprint density at radius 3 is 2.35 bits per heavy atom. The van der Waals surface area contributed by atoms with Gasteiger partial charge in [0, 0.05) is 18.5 Å². The molecule has 0 spiro atoms. The van der Waals surface area contributed by atoms with Crippen LogP contribution in [-0.2, 0) is 0 Å². The van der Waals surface area contributed by atoms with Crippen molar-refractivity contribution in [2.75, 3.05) is 26.2 Å². The van der Waals surface area contributed by atoms with Crippen molar-refractivity contribution in [3.63, 3.8) is 0 Å². The standard InChI is InChI=1S/C14H18F3NO2/c15-14(16,17)11-18(9-10-19)8-4-7-13(20)12-5-2-1-3-6-12/h1-3,5-6,19H,4,7-11H2. The Morgan fingerprint density at radius 1 is 1.15 bits per heavy atom. The minimum absolute atomic E-state index is 0.0426. The summed E-state index contributed by atoms with van der Waals surface area (Å²) in [5.74, 6) is -0.0819. The number of hydrogen-bond acceptors (Lipinski definition) is 3. The first kappa shape index (κ1) is 16.7. The van der Waals surface area contributed by atoms with Gasteiger partial charge in [-0.25, -0.2) is 0 Å². The first-order valence-electron chi connectivity index (χ1n) is 6.40. The van der Waals surface area contributed by atoms with E-state index in [1.54, 1.807) is 30.3 Å². The molecular formula is C14H18F3NO2. The molecule has 0 amide bonds. The van der Waals surface area contributed by atoms with Crippen molar-refractivity contribution in [3.8, 4) is 0 Å². The van der Waals surface area contributed by atoms with Crippen molar-refractivity contribution in [1.82, 2.24) is 4.90 Å². The summed E-state index contributed by atoms with van der Waals surface area (Å²) in [5, 5.41) is 8.74. The maximum atomic E-state index is 12.3. The molecular weight excluding hydrogens is 271 g/mol. The summed E-state index contributed by atoms with van der Waals surface area (Å²) in [6.45, 7) is -1.30. The van der Waals surface area contributed by atoms with E-state index in [0.717, 1.165) is 4.90 Å². The van der Waals surface area contributed by atoms with E-state index in [9.17, 15) is 18.0 Å². The van der Waals surface area contributed by atoms with Gasteiger partial charge >= 0.3 is 6.18 Å². The Morgan fingerprint density at radius 2 is 1.80 bits per heavy atom. The fraction of sp³-hybridized carbons (Fsp3) is 0.500. The van der Waals surface area contributed by atoms with Crippen molar-refractivity contribution < 1.29 is 23.1 Å². The molecule has 3 nitrogen and oxygen atoms in total. The summed E-state index contributed by atoms with van der Waals surface area (Å²) in [7, 11) is 0. The molecule has 0 saturated heterocycles. The van der Waals surface area contributed by atoms with E-state index in [4.69, 9.17) is 5.11 Å². The van der Waals surface area contributed by atoms with Crippen molar-refractivity contribution >= 4 is 5.78 Å². The first-order valence-corrected chi connectivity index (χ1v) is 6.40. The van der Waals surface area contributed by atoms with Gasteiger partial charge in [-0.15, -0.1) is 0 Å². The molecule has 0 aliphatic carbocycles. The second-order valence-electron chi connectivity index (χ2n) is 4.51. The van der Waals surface area contributed by atoms with E-state index in [2.05, 4.69) is 0 Å². The van der Waals surface area contributed by atoms with Gasteiger partial charge in [-0.1, -0.05) is 30.3 Å². The van der Waals surface area contributed by atoms with Crippen LogP contribution in [0.4, 0.5) is 13.2 Å². The number of benzene rings is 1. The summed E-state index contributed by atoms with van der Waals surface area (Å²) in [5.41, 5.74) is 0.567. The number of aliphatic hydroxyl groups is 1. The number of hydrogen-bond donors (Lipinski definition) is 1. The van der Waals surface area contributed by atoms with Crippen LogP contribution in [0.2, 0.25) is 0 Å². The van der Waals surface area contributed by atoms with Crippen LogP contribution in [0.3, 0.4) is 0 Å². The Kier molecular flexibility index (Phi) is 6.67. The Labute approximate surface area is 116 Å². The van der Waals surface area contributed by atoms with Gasteiger partial charge in [-0.2, -0.15) is 13.2 Å². The lowest BCUT2D eigenvalue weighted by atomic mass is 10.1. The van der Waals surface area contributed by atoms with Crippen molar-refractivity contribution in [2.45, 2.75) is 19.0 Å². The molecule has 0 aromatic heterocycles. The topological polar surface area (TPSA) is 40.5 Å². The normalized spacial score (nSPS) is 11.8. The molecule has 0 atom stereocenters. The molecule has 1 aromatic rings. The first-order chi connectivity index (χ1) is 9.42. The minimum Gasteiger partial charge on any atom is -0.395 e. The summed E-state index contributed by atoms with van der Waals surface area (Å²) in [6.07, 6.45) is -3.76. The van der Waals surface area contributed by atoms with E-state index in [1.165, 1.54) is 0 Å². The molecule has 0 heterocycles. The number of carbonyl (C=O) groups is 1. The largest absolute Gasteiger partial charge is 0.401 e. The lowest BCUT2D eigenvalue weighted by Gasteiger charge is -2.22. The molecule has 0 fully saturated rings. The number of Topliss-reactive ketones (excluding diaryl/α,β-unsaturated/α-hetero) is 1. The minimum atomic E-state index is -4.29. The molecule has 0 aliphatic heterocycles. The van der Waals surface area contributed by atoms with E-state index in [-0.39, 0.29) is 31.9 Å². The second kappa shape index (κ2) is 8.01. The fourth-order valence-electron chi connectivity index (χ4n) is 1.90. The number of rotatable bonds is 8. The maximum absolute atomic E-state index is 12.3. The van der Waals surface area contributed by atoms with Crippen LogP contribution in [0.5, 0.6) is 0 Å². The fourth-order valence-corrected chi connectivity index (χ4v) is 1.90. The SMILES string of the molecule is O=C(CCCN(CCO)CC(F)(F)F)c1ccccc1. The third-order valence-corrected chi connectivity index (χ3v) is 2.79. The molecule has 0 aliphatic rings. The zero-order valence-corrected chi connectivity index (χ0v) is 11.1. The number of alkyl halides is 3. The van der Waals surface area contributed by atoms with Gasteiger partial charge in [-0.05, 0) is 13.0 Å². The lowest BCUT2D eigenvalue weighted by molar-refractivity contribution is -0.146. The second-order valence-corrected chi connectivity index (χ2v) is 4.51. The van der Waals surface area contributed by atoms with Gasteiger partial charge in [0.05, 0.1) is 13.2 Å². The predicted molar refractivity (Wildman–Crippen MR) is 69.6 cm³/mol. The van der Waals surface area contributed by atoms with E-state index in [0.29, 0.717) is 12.0 Å².